The second kappa shape index (κ2) is 8.31. The molecule has 7 heteroatoms. The van der Waals surface area contributed by atoms with Crippen LogP contribution in [-0.2, 0) is 0 Å². The number of aromatic nitrogens is 1. The Kier molecular flexibility index (Phi) is 5.41. The Bertz CT molecular complexity index is 1310. The fourth-order valence-corrected chi connectivity index (χ4v) is 3.36. The van der Waals surface area contributed by atoms with Crippen LogP contribution in [0.2, 0.25) is 0 Å². The zero-order valence-electron chi connectivity index (χ0n) is 16.5. The predicted molar refractivity (Wildman–Crippen MR) is 113 cm³/mol. The number of nitrogens with one attached hydrogen (secondary N) is 1. The second-order valence-electron chi connectivity index (χ2n) is 6.89. The first-order valence-corrected chi connectivity index (χ1v) is 9.44. The van der Waals surface area contributed by atoms with E-state index in [1.54, 1.807) is 23.6 Å². The van der Waals surface area contributed by atoms with Crippen molar-refractivity contribution in [2.75, 3.05) is 0 Å². The van der Waals surface area contributed by atoms with Gasteiger partial charge in [-0.25, -0.2) is 14.2 Å². The Morgan fingerprint density at radius 1 is 0.903 bits per heavy atom. The second-order valence-corrected chi connectivity index (χ2v) is 6.89. The quantitative estimate of drug-likeness (QED) is 0.295. The standard InChI is InChI=1S/C24H17F2N3O2/c1-15-20(14-27-28-24(31)17-7-11-19(26)12-8-17)21-4-2-3-13-29(21)22(15)23(30)16-5-9-18(25)10-6-16/h2-14H,1H3,(H,28,31)/b27-14+. The summed E-state index contributed by atoms with van der Waals surface area (Å²) in [7, 11) is 0. The average molecular weight is 417 g/mol. The normalized spacial score (nSPS) is 11.2. The van der Waals surface area contributed by atoms with Gasteiger partial charge >= 0.3 is 0 Å². The largest absolute Gasteiger partial charge is 0.313 e. The van der Waals surface area contributed by atoms with E-state index in [0.29, 0.717) is 22.4 Å². The number of halogens is 2. The van der Waals surface area contributed by atoms with Crippen LogP contribution >= 0.6 is 0 Å². The van der Waals surface area contributed by atoms with Crippen LogP contribution in [0, 0.1) is 18.6 Å². The molecule has 0 aliphatic carbocycles. The highest BCUT2D eigenvalue weighted by Gasteiger charge is 2.21. The summed E-state index contributed by atoms with van der Waals surface area (Å²) in [6.45, 7) is 1.78. The minimum Gasteiger partial charge on any atom is -0.313 e. The number of hydrogen-bond donors (Lipinski definition) is 1. The molecule has 0 spiro atoms. The fourth-order valence-electron chi connectivity index (χ4n) is 3.36. The molecule has 0 aliphatic rings. The van der Waals surface area contributed by atoms with E-state index in [0.717, 1.165) is 5.52 Å². The van der Waals surface area contributed by atoms with Gasteiger partial charge in [0, 0.05) is 22.9 Å². The molecule has 0 fully saturated rings. The van der Waals surface area contributed by atoms with Crippen LogP contribution in [0.3, 0.4) is 0 Å². The van der Waals surface area contributed by atoms with Gasteiger partial charge in [0.2, 0.25) is 5.78 Å². The van der Waals surface area contributed by atoms with E-state index in [4.69, 9.17) is 0 Å². The van der Waals surface area contributed by atoms with E-state index in [1.807, 2.05) is 12.1 Å². The van der Waals surface area contributed by atoms with Gasteiger partial charge in [-0.2, -0.15) is 5.10 Å². The molecule has 2 aromatic heterocycles. The van der Waals surface area contributed by atoms with Crippen LogP contribution < -0.4 is 5.43 Å². The molecular formula is C24H17F2N3O2. The molecule has 31 heavy (non-hydrogen) atoms. The summed E-state index contributed by atoms with van der Waals surface area (Å²) in [5.41, 5.74) is 5.51. The lowest BCUT2D eigenvalue weighted by molar-refractivity contribution is 0.0954. The Morgan fingerprint density at radius 3 is 2.16 bits per heavy atom. The summed E-state index contributed by atoms with van der Waals surface area (Å²) >= 11 is 0. The van der Waals surface area contributed by atoms with Gasteiger partial charge in [0.25, 0.3) is 5.91 Å². The number of amides is 1. The number of carbonyl (C=O) groups is 2. The van der Waals surface area contributed by atoms with Crippen molar-refractivity contribution in [3.05, 3.63) is 113 Å². The zero-order valence-corrected chi connectivity index (χ0v) is 16.5. The van der Waals surface area contributed by atoms with Crippen LogP contribution in [0.5, 0.6) is 0 Å². The van der Waals surface area contributed by atoms with E-state index >= 15 is 0 Å². The van der Waals surface area contributed by atoms with E-state index in [-0.39, 0.29) is 11.3 Å². The summed E-state index contributed by atoms with van der Waals surface area (Å²) in [6, 6.07) is 15.9. The maximum Gasteiger partial charge on any atom is 0.271 e. The first kappa shape index (κ1) is 20.2. The van der Waals surface area contributed by atoms with Gasteiger partial charge in [-0.15, -0.1) is 0 Å². The van der Waals surface area contributed by atoms with Gasteiger partial charge in [-0.05, 0) is 73.2 Å². The molecule has 5 nitrogen and oxygen atoms in total. The first-order valence-electron chi connectivity index (χ1n) is 9.44. The summed E-state index contributed by atoms with van der Waals surface area (Å²) in [6.07, 6.45) is 3.22. The molecule has 2 aromatic carbocycles. The van der Waals surface area contributed by atoms with Crippen molar-refractivity contribution in [3.63, 3.8) is 0 Å². The van der Waals surface area contributed by atoms with Crippen LogP contribution in [-0.4, -0.2) is 22.3 Å². The lowest BCUT2D eigenvalue weighted by Gasteiger charge is -2.04. The summed E-state index contributed by atoms with van der Waals surface area (Å²) in [5.74, 6) is -1.60. The maximum atomic E-state index is 13.2. The van der Waals surface area contributed by atoms with E-state index < -0.39 is 17.5 Å². The minimum atomic E-state index is -0.486. The lowest BCUT2D eigenvalue weighted by atomic mass is 10.0. The smallest absolute Gasteiger partial charge is 0.271 e. The Balaban J connectivity index is 1.67. The van der Waals surface area contributed by atoms with Crippen molar-refractivity contribution in [1.29, 1.82) is 0 Å². The summed E-state index contributed by atoms with van der Waals surface area (Å²) in [5, 5.41) is 4.02. The molecule has 4 rings (SSSR count). The van der Waals surface area contributed by atoms with E-state index in [2.05, 4.69) is 10.5 Å². The van der Waals surface area contributed by atoms with Gasteiger partial charge in [0.05, 0.1) is 17.4 Å². The Morgan fingerprint density at radius 2 is 1.52 bits per heavy atom. The number of ketones is 1. The summed E-state index contributed by atoms with van der Waals surface area (Å²) in [4.78, 5) is 25.3. The molecule has 0 saturated heterocycles. The molecular weight excluding hydrogens is 400 g/mol. The third-order valence-electron chi connectivity index (χ3n) is 4.92. The molecule has 0 bridgehead atoms. The Hall–Kier alpha value is -4.13. The van der Waals surface area contributed by atoms with E-state index in [9.17, 15) is 18.4 Å². The highest BCUT2D eigenvalue weighted by molar-refractivity contribution is 6.12. The van der Waals surface area contributed by atoms with Crippen molar-refractivity contribution in [1.82, 2.24) is 9.83 Å². The molecule has 0 atom stereocenters. The third kappa shape index (κ3) is 3.98. The molecule has 154 valence electrons. The van der Waals surface area contributed by atoms with Gasteiger partial charge in [-0.3, -0.25) is 9.59 Å². The topological polar surface area (TPSA) is 62.9 Å². The monoisotopic (exact) mass is 417 g/mol. The number of hydrazone groups is 1. The first-order chi connectivity index (χ1) is 15.0. The highest BCUT2D eigenvalue weighted by atomic mass is 19.1. The highest BCUT2D eigenvalue weighted by Crippen LogP contribution is 2.24. The molecule has 0 saturated carbocycles. The minimum absolute atomic E-state index is 0.256. The molecule has 1 amide bonds. The van der Waals surface area contributed by atoms with Crippen molar-refractivity contribution >= 4 is 23.4 Å². The number of fused-ring (bicyclic) bond motifs is 1. The lowest BCUT2D eigenvalue weighted by Crippen LogP contribution is -2.17. The van der Waals surface area contributed by atoms with Crippen LogP contribution in [0.1, 0.15) is 37.5 Å². The average Bonchev–Trinajstić information content (AvgIpc) is 3.05. The van der Waals surface area contributed by atoms with E-state index in [1.165, 1.54) is 54.7 Å². The number of benzene rings is 2. The molecule has 0 aliphatic heterocycles. The van der Waals surface area contributed by atoms with Gasteiger partial charge in [0.1, 0.15) is 11.6 Å². The van der Waals surface area contributed by atoms with Crippen molar-refractivity contribution < 1.29 is 18.4 Å². The van der Waals surface area contributed by atoms with Crippen molar-refractivity contribution in [3.8, 4) is 0 Å². The molecule has 0 radical (unpaired) electrons. The summed E-state index contributed by atoms with van der Waals surface area (Å²) < 4.78 is 28.0. The number of rotatable bonds is 5. The molecule has 0 unspecified atom stereocenters. The number of carbonyl (C=O) groups excluding carboxylic acids is 2. The Labute approximate surface area is 176 Å². The maximum absolute atomic E-state index is 13.2. The van der Waals surface area contributed by atoms with Crippen molar-refractivity contribution in [2.24, 2.45) is 5.10 Å². The number of nitrogens with zero attached hydrogens (tertiary/aromatic N) is 2. The van der Waals surface area contributed by atoms with Gasteiger partial charge in [-0.1, -0.05) is 6.07 Å². The fraction of sp³-hybridized carbons (Fsp3) is 0.0417. The molecule has 2 heterocycles. The van der Waals surface area contributed by atoms with Gasteiger partial charge < -0.3 is 4.40 Å². The SMILES string of the molecule is Cc1c(/C=N/NC(=O)c2ccc(F)cc2)c2ccccn2c1C(=O)c1ccc(F)cc1. The van der Waals surface area contributed by atoms with Gasteiger partial charge in [0.15, 0.2) is 0 Å². The third-order valence-corrected chi connectivity index (χ3v) is 4.92. The molecule has 4 aromatic rings. The van der Waals surface area contributed by atoms with Crippen LogP contribution in [0.4, 0.5) is 8.78 Å². The van der Waals surface area contributed by atoms with Crippen LogP contribution in [0.25, 0.3) is 5.52 Å². The molecule has 1 N–H and O–H groups in total. The number of pyridine rings is 1. The zero-order chi connectivity index (χ0) is 22.0. The van der Waals surface area contributed by atoms with Crippen molar-refractivity contribution in [2.45, 2.75) is 6.92 Å². The number of hydrogen-bond acceptors (Lipinski definition) is 3. The predicted octanol–water partition coefficient (Wildman–Crippen LogP) is 4.52. The van der Waals surface area contributed by atoms with Crippen LogP contribution in [0.15, 0.2) is 78.0 Å².